The van der Waals surface area contributed by atoms with Gasteiger partial charge in [-0.3, -0.25) is 4.79 Å². The van der Waals surface area contributed by atoms with E-state index in [0.717, 1.165) is 29.7 Å². The number of hydrogen-bond acceptors (Lipinski definition) is 2. The summed E-state index contributed by atoms with van der Waals surface area (Å²) in [5.74, 6) is 0.109. The van der Waals surface area contributed by atoms with Crippen LogP contribution >= 0.6 is 0 Å². The smallest absolute Gasteiger partial charge is 0.224 e. The number of aryl methyl sites for hydroxylation is 1. The van der Waals surface area contributed by atoms with Crippen molar-refractivity contribution in [2.75, 3.05) is 5.32 Å². The van der Waals surface area contributed by atoms with Gasteiger partial charge in [-0.25, -0.2) is 0 Å². The minimum absolute atomic E-state index is 0.109. The van der Waals surface area contributed by atoms with E-state index < -0.39 is 0 Å². The number of carbonyl (C=O) groups is 1. The second-order valence-electron chi connectivity index (χ2n) is 5.42. The first-order valence-electron chi connectivity index (χ1n) is 7.76. The minimum Gasteiger partial charge on any atom is -0.326 e. The first kappa shape index (κ1) is 16.7. The Kier molecular flexibility index (Phi) is 7.97. The fourth-order valence-corrected chi connectivity index (χ4v) is 2.21. The quantitative estimate of drug-likeness (QED) is 0.666. The molecule has 112 valence electrons. The second kappa shape index (κ2) is 9.54. The van der Waals surface area contributed by atoms with Crippen molar-refractivity contribution in [3.8, 4) is 0 Å². The molecule has 0 fully saturated rings. The molecular formula is C17H28N2O. The SMILES string of the molecule is CCCCCCCCC(=O)Nc1cc(CN)ccc1C. The van der Waals surface area contributed by atoms with Crippen molar-refractivity contribution >= 4 is 11.6 Å². The lowest BCUT2D eigenvalue weighted by Gasteiger charge is -2.10. The average molecular weight is 276 g/mol. The van der Waals surface area contributed by atoms with Gasteiger partial charge >= 0.3 is 0 Å². The van der Waals surface area contributed by atoms with Gasteiger partial charge in [0, 0.05) is 18.7 Å². The van der Waals surface area contributed by atoms with E-state index in [9.17, 15) is 4.79 Å². The van der Waals surface area contributed by atoms with Crippen LogP contribution in [0.4, 0.5) is 5.69 Å². The topological polar surface area (TPSA) is 55.1 Å². The highest BCUT2D eigenvalue weighted by Gasteiger charge is 2.05. The van der Waals surface area contributed by atoms with E-state index >= 15 is 0 Å². The van der Waals surface area contributed by atoms with Crippen LogP contribution < -0.4 is 11.1 Å². The Hall–Kier alpha value is -1.35. The van der Waals surface area contributed by atoms with Gasteiger partial charge in [-0.05, 0) is 30.5 Å². The van der Waals surface area contributed by atoms with E-state index in [2.05, 4.69) is 12.2 Å². The van der Waals surface area contributed by atoms with Crippen molar-refractivity contribution in [1.29, 1.82) is 0 Å². The van der Waals surface area contributed by atoms with E-state index in [0.29, 0.717) is 13.0 Å². The van der Waals surface area contributed by atoms with Crippen molar-refractivity contribution in [3.63, 3.8) is 0 Å². The van der Waals surface area contributed by atoms with E-state index in [1.54, 1.807) is 0 Å². The van der Waals surface area contributed by atoms with Gasteiger partial charge in [0.05, 0.1) is 0 Å². The highest BCUT2D eigenvalue weighted by Crippen LogP contribution is 2.17. The molecule has 0 aliphatic heterocycles. The maximum absolute atomic E-state index is 11.9. The van der Waals surface area contributed by atoms with Crippen LogP contribution in [-0.4, -0.2) is 5.91 Å². The number of nitrogens with two attached hydrogens (primary N) is 1. The van der Waals surface area contributed by atoms with Crippen LogP contribution in [0.15, 0.2) is 18.2 Å². The molecular weight excluding hydrogens is 248 g/mol. The Morgan fingerprint density at radius 3 is 2.55 bits per heavy atom. The number of hydrogen-bond donors (Lipinski definition) is 2. The summed E-state index contributed by atoms with van der Waals surface area (Å²) < 4.78 is 0. The predicted octanol–water partition coefficient (Wildman–Crippen LogP) is 4.14. The Morgan fingerprint density at radius 2 is 1.85 bits per heavy atom. The van der Waals surface area contributed by atoms with Crippen molar-refractivity contribution in [2.45, 2.75) is 65.3 Å². The molecule has 0 radical (unpaired) electrons. The fraction of sp³-hybridized carbons (Fsp3) is 0.588. The minimum atomic E-state index is 0.109. The lowest BCUT2D eigenvalue weighted by atomic mass is 10.1. The van der Waals surface area contributed by atoms with Crippen LogP contribution in [0.1, 0.15) is 63.0 Å². The van der Waals surface area contributed by atoms with E-state index in [1.807, 2.05) is 25.1 Å². The lowest BCUT2D eigenvalue weighted by molar-refractivity contribution is -0.116. The molecule has 0 bridgehead atoms. The van der Waals surface area contributed by atoms with Crippen LogP contribution in [0.5, 0.6) is 0 Å². The number of nitrogens with one attached hydrogen (secondary N) is 1. The van der Waals surface area contributed by atoms with Crippen LogP contribution in [0, 0.1) is 6.92 Å². The van der Waals surface area contributed by atoms with Gasteiger partial charge in [-0.15, -0.1) is 0 Å². The molecule has 0 aliphatic rings. The van der Waals surface area contributed by atoms with Crippen LogP contribution in [-0.2, 0) is 11.3 Å². The standard InChI is InChI=1S/C17H28N2O/c1-3-4-5-6-7-8-9-17(20)19-16-12-15(13-18)11-10-14(16)2/h10-12H,3-9,13,18H2,1-2H3,(H,19,20). The molecule has 3 N–H and O–H groups in total. The third kappa shape index (κ3) is 6.20. The van der Waals surface area contributed by atoms with Gasteiger partial charge in [0.2, 0.25) is 5.91 Å². The van der Waals surface area contributed by atoms with Gasteiger partial charge < -0.3 is 11.1 Å². The predicted molar refractivity (Wildman–Crippen MR) is 85.7 cm³/mol. The molecule has 0 aromatic heterocycles. The van der Waals surface area contributed by atoms with Gasteiger partial charge in [-0.1, -0.05) is 51.2 Å². The summed E-state index contributed by atoms with van der Waals surface area (Å²) in [6, 6.07) is 5.97. The summed E-state index contributed by atoms with van der Waals surface area (Å²) in [4.78, 5) is 11.9. The molecule has 0 aliphatic carbocycles. The number of anilines is 1. The number of rotatable bonds is 9. The van der Waals surface area contributed by atoms with Gasteiger partial charge in [0.1, 0.15) is 0 Å². The van der Waals surface area contributed by atoms with Gasteiger partial charge in [-0.2, -0.15) is 0 Å². The molecule has 0 spiro atoms. The van der Waals surface area contributed by atoms with Crippen molar-refractivity contribution < 1.29 is 4.79 Å². The molecule has 1 aromatic carbocycles. The summed E-state index contributed by atoms with van der Waals surface area (Å²) in [7, 11) is 0. The average Bonchev–Trinajstić information content (AvgIpc) is 2.45. The molecule has 0 saturated carbocycles. The Bertz CT molecular complexity index is 415. The molecule has 0 unspecified atom stereocenters. The summed E-state index contributed by atoms with van der Waals surface area (Å²) in [6.45, 7) is 4.71. The lowest BCUT2D eigenvalue weighted by Crippen LogP contribution is -2.12. The molecule has 20 heavy (non-hydrogen) atoms. The van der Waals surface area contributed by atoms with Crippen LogP contribution in [0.25, 0.3) is 0 Å². The maximum atomic E-state index is 11.9. The van der Waals surface area contributed by atoms with Crippen LogP contribution in [0.2, 0.25) is 0 Å². The Morgan fingerprint density at radius 1 is 1.15 bits per heavy atom. The van der Waals surface area contributed by atoms with Crippen molar-refractivity contribution in [1.82, 2.24) is 0 Å². The third-order valence-corrected chi connectivity index (χ3v) is 3.57. The van der Waals surface area contributed by atoms with Gasteiger partial charge in [0.15, 0.2) is 0 Å². The number of carbonyl (C=O) groups excluding carboxylic acids is 1. The third-order valence-electron chi connectivity index (χ3n) is 3.57. The number of benzene rings is 1. The van der Waals surface area contributed by atoms with E-state index in [4.69, 9.17) is 5.73 Å². The summed E-state index contributed by atoms with van der Waals surface area (Å²) in [6.07, 6.45) is 7.83. The van der Waals surface area contributed by atoms with E-state index in [1.165, 1.54) is 25.7 Å². The molecule has 1 aromatic rings. The molecule has 3 nitrogen and oxygen atoms in total. The summed E-state index contributed by atoms with van der Waals surface area (Å²) in [5.41, 5.74) is 8.65. The van der Waals surface area contributed by atoms with Crippen molar-refractivity contribution in [2.24, 2.45) is 5.73 Å². The zero-order chi connectivity index (χ0) is 14.8. The molecule has 3 heteroatoms. The Balaban J connectivity index is 2.31. The molecule has 0 heterocycles. The highest BCUT2D eigenvalue weighted by atomic mass is 16.1. The van der Waals surface area contributed by atoms with Crippen LogP contribution in [0.3, 0.4) is 0 Å². The zero-order valence-electron chi connectivity index (χ0n) is 12.9. The maximum Gasteiger partial charge on any atom is 0.224 e. The van der Waals surface area contributed by atoms with Gasteiger partial charge in [0.25, 0.3) is 0 Å². The largest absolute Gasteiger partial charge is 0.326 e. The highest BCUT2D eigenvalue weighted by molar-refractivity contribution is 5.91. The first-order chi connectivity index (χ1) is 9.67. The number of amides is 1. The molecule has 0 atom stereocenters. The second-order valence-corrected chi connectivity index (χ2v) is 5.42. The normalized spacial score (nSPS) is 10.6. The first-order valence-corrected chi connectivity index (χ1v) is 7.76. The number of unbranched alkanes of at least 4 members (excludes halogenated alkanes) is 5. The monoisotopic (exact) mass is 276 g/mol. The van der Waals surface area contributed by atoms with E-state index in [-0.39, 0.29) is 5.91 Å². The Labute approximate surface area is 122 Å². The zero-order valence-corrected chi connectivity index (χ0v) is 12.9. The molecule has 0 saturated heterocycles. The van der Waals surface area contributed by atoms with Crippen molar-refractivity contribution in [3.05, 3.63) is 29.3 Å². The summed E-state index contributed by atoms with van der Waals surface area (Å²) >= 11 is 0. The summed E-state index contributed by atoms with van der Waals surface area (Å²) in [5, 5.41) is 2.99. The fourth-order valence-electron chi connectivity index (χ4n) is 2.21. The molecule has 1 amide bonds. The molecule has 1 rings (SSSR count).